The second-order valence-corrected chi connectivity index (χ2v) is 6.76. The van der Waals surface area contributed by atoms with Crippen molar-refractivity contribution in [3.05, 3.63) is 83.4 Å². The molecule has 0 amide bonds. The van der Waals surface area contributed by atoms with Crippen LogP contribution in [0.15, 0.2) is 67.1 Å². The fourth-order valence-electron chi connectivity index (χ4n) is 3.23. The zero-order valence-corrected chi connectivity index (χ0v) is 15.0. The van der Waals surface area contributed by atoms with Crippen LogP contribution in [0.2, 0.25) is 5.02 Å². The van der Waals surface area contributed by atoms with E-state index < -0.39 is 0 Å². The fourth-order valence-corrected chi connectivity index (χ4v) is 3.67. The number of thiocarbonyl (C=S) groups is 1. The van der Waals surface area contributed by atoms with Crippen LogP contribution in [0, 0.1) is 0 Å². The van der Waals surface area contributed by atoms with Gasteiger partial charge >= 0.3 is 0 Å². The van der Waals surface area contributed by atoms with Gasteiger partial charge in [0.25, 0.3) is 0 Å². The molecule has 3 aromatic rings. The van der Waals surface area contributed by atoms with Crippen LogP contribution in [0.25, 0.3) is 0 Å². The topological polar surface area (TPSA) is 33.1 Å². The van der Waals surface area contributed by atoms with Crippen molar-refractivity contribution in [3.63, 3.8) is 0 Å². The Balaban J connectivity index is 1.65. The van der Waals surface area contributed by atoms with Crippen LogP contribution in [-0.2, 0) is 6.54 Å². The summed E-state index contributed by atoms with van der Waals surface area (Å²) in [5.74, 6) is 0. The first-order valence-electron chi connectivity index (χ1n) is 8.10. The highest BCUT2D eigenvalue weighted by Gasteiger charge is 2.30. The Morgan fingerprint density at radius 2 is 1.84 bits per heavy atom. The van der Waals surface area contributed by atoms with E-state index in [1.165, 1.54) is 11.3 Å². The van der Waals surface area contributed by atoms with Crippen molar-refractivity contribution in [1.82, 2.24) is 14.5 Å². The molecule has 4 rings (SSSR count). The lowest BCUT2D eigenvalue weighted by molar-refractivity contribution is 0.293. The van der Waals surface area contributed by atoms with Gasteiger partial charge < -0.3 is 14.8 Å². The number of anilines is 1. The van der Waals surface area contributed by atoms with E-state index in [2.05, 4.69) is 38.1 Å². The third-order valence-electron chi connectivity index (χ3n) is 4.42. The number of aromatic nitrogens is 2. The second kappa shape index (κ2) is 6.86. The van der Waals surface area contributed by atoms with Crippen molar-refractivity contribution >= 4 is 34.6 Å². The van der Waals surface area contributed by atoms with Crippen LogP contribution >= 0.6 is 23.8 Å². The Bertz CT molecular complexity index is 876. The molecular weight excluding hydrogens is 352 g/mol. The van der Waals surface area contributed by atoms with Crippen LogP contribution in [0.3, 0.4) is 0 Å². The molecule has 1 aromatic carbocycles. The number of benzene rings is 1. The molecule has 0 bridgehead atoms. The molecule has 0 fully saturated rings. The summed E-state index contributed by atoms with van der Waals surface area (Å²) in [7, 11) is 0. The first-order chi connectivity index (χ1) is 12.2. The summed E-state index contributed by atoms with van der Waals surface area (Å²) in [5, 5.41) is 4.75. The van der Waals surface area contributed by atoms with Gasteiger partial charge in [0.2, 0.25) is 0 Å². The van der Waals surface area contributed by atoms with Crippen molar-refractivity contribution in [3.8, 4) is 0 Å². The quantitative estimate of drug-likeness (QED) is 0.682. The van der Waals surface area contributed by atoms with E-state index in [0.29, 0.717) is 10.1 Å². The largest absolute Gasteiger partial charge is 0.348 e. The summed E-state index contributed by atoms with van der Waals surface area (Å²) in [5.41, 5.74) is 3.34. The van der Waals surface area contributed by atoms with E-state index in [9.17, 15) is 0 Å². The Morgan fingerprint density at radius 1 is 1.08 bits per heavy atom. The summed E-state index contributed by atoms with van der Waals surface area (Å²) < 4.78 is 2.28. The van der Waals surface area contributed by atoms with Crippen LogP contribution in [0.5, 0.6) is 0 Å². The van der Waals surface area contributed by atoms with Crippen LogP contribution in [0.4, 0.5) is 5.69 Å². The smallest absolute Gasteiger partial charge is 0.174 e. The molecular formula is C19H17ClN4S. The highest BCUT2D eigenvalue weighted by molar-refractivity contribution is 7.80. The fraction of sp³-hybridized carbons (Fsp3) is 0.158. The SMILES string of the molecule is S=C(Nc1ccc(Cl)cc1)N1CCn2cccc2[C@H]1c1ccncc1. The Morgan fingerprint density at radius 3 is 2.60 bits per heavy atom. The molecule has 0 saturated carbocycles. The first kappa shape index (κ1) is 16.1. The van der Waals surface area contributed by atoms with Gasteiger partial charge in [0, 0.05) is 48.1 Å². The molecule has 0 unspecified atom stereocenters. The third-order valence-corrected chi connectivity index (χ3v) is 5.01. The zero-order valence-electron chi connectivity index (χ0n) is 13.5. The molecule has 1 N–H and O–H groups in total. The van der Waals surface area contributed by atoms with Gasteiger partial charge in [-0.3, -0.25) is 4.98 Å². The van der Waals surface area contributed by atoms with Gasteiger partial charge in [-0.1, -0.05) is 11.6 Å². The number of nitrogens with zero attached hydrogens (tertiary/aromatic N) is 3. The average Bonchev–Trinajstić information content (AvgIpc) is 3.12. The molecule has 0 radical (unpaired) electrons. The van der Waals surface area contributed by atoms with Gasteiger partial charge in [-0.2, -0.15) is 0 Å². The third kappa shape index (κ3) is 3.25. The normalized spacial score (nSPS) is 16.4. The maximum Gasteiger partial charge on any atom is 0.174 e. The van der Waals surface area contributed by atoms with Gasteiger partial charge in [0.05, 0.1) is 6.04 Å². The highest BCUT2D eigenvalue weighted by atomic mass is 35.5. The van der Waals surface area contributed by atoms with Crippen molar-refractivity contribution in [2.24, 2.45) is 0 Å². The van der Waals surface area contributed by atoms with E-state index in [1.54, 1.807) is 0 Å². The molecule has 1 aliphatic rings. The first-order valence-corrected chi connectivity index (χ1v) is 8.89. The molecule has 3 heterocycles. The van der Waals surface area contributed by atoms with Gasteiger partial charge in [-0.25, -0.2) is 0 Å². The van der Waals surface area contributed by atoms with Crippen molar-refractivity contribution in [2.75, 3.05) is 11.9 Å². The monoisotopic (exact) mass is 368 g/mol. The van der Waals surface area contributed by atoms with Gasteiger partial charge in [-0.05, 0) is 66.3 Å². The van der Waals surface area contributed by atoms with Crippen LogP contribution < -0.4 is 5.32 Å². The summed E-state index contributed by atoms with van der Waals surface area (Å²) in [6.45, 7) is 1.75. The number of nitrogens with one attached hydrogen (secondary N) is 1. The number of fused-ring (bicyclic) bond motifs is 1. The van der Waals surface area contributed by atoms with Crippen molar-refractivity contribution in [1.29, 1.82) is 0 Å². The van der Waals surface area contributed by atoms with E-state index >= 15 is 0 Å². The predicted octanol–water partition coefficient (Wildman–Crippen LogP) is 4.34. The average molecular weight is 369 g/mol. The summed E-state index contributed by atoms with van der Waals surface area (Å²) in [6.07, 6.45) is 5.77. The molecule has 4 nitrogen and oxygen atoms in total. The minimum absolute atomic E-state index is 0.0686. The lowest BCUT2D eigenvalue weighted by Crippen LogP contribution is -2.44. The minimum Gasteiger partial charge on any atom is -0.348 e. The van der Waals surface area contributed by atoms with Crippen molar-refractivity contribution < 1.29 is 0 Å². The molecule has 6 heteroatoms. The van der Waals surface area contributed by atoms with E-state index in [-0.39, 0.29) is 6.04 Å². The van der Waals surface area contributed by atoms with E-state index in [0.717, 1.165) is 18.8 Å². The zero-order chi connectivity index (χ0) is 17.2. The molecule has 126 valence electrons. The van der Waals surface area contributed by atoms with E-state index in [1.807, 2.05) is 48.8 Å². The number of halogens is 1. The minimum atomic E-state index is 0.0686. The van der Waals surface area contributed by atoms with Gasteiger partial charge in [0.15, 0.2) is 5.11 Å². The van der Waals surface area contributed by atoms with Crippen LogP contribution in [0.1, 0.15) is 17.3 Å². The maximum atomic E-state index is 5.96. The molecule has 1 aliphatic heterocycles. The standard InChI is InChI=1S/C19H17ClN4S/c20-15-3-5-16(6-4-15)22-19(25)24-13-12-23-11-1-2-17(23)18(24)14-7-9-21-10-8-14/h1-11,18H,12-13H2,(H,22,25)/t18-/m1/s1. The van der Waals surface area contributed by atoms with Crippen molar-refractivity contribution in [2.45, 2.75) is 12.6 Å². The Labute approximate surface area is 157 Å². The number of rotatable bonds is 2. The summed E-state index contributed by atoms with van der Waals surface area (Å²) in [4.78, 5) is 6.37. The Kier molecular flexibility index (Phi) is 4.42. The molecule has 0 aliphatic carbocycles. The lowest BCUT2D eigenvalue weighted by atomic mass is 10.0. The highest BCUT2D eigenvalue weighted by Crippen LogP contribution is 2.32. The summed E-state index contributed by atoms with van der Waals surface area (Å²) >= 11 is 11.7. The van der Waals surface area contributed by atoms with Gasteiger partial charge in [0.1, 0.15) is 0 Å². The molecule has 25 heavy (non-hydrogen) atoms. The molecule has 1 atom stereocenters. The molecule has 2 aromatic heterocycles. The number of hydrogen-bond acceptors (Lipinski definition) is 2. The molecule has 0 saturated heterocycles. The van der Waals surface area contributed by atoms with E-state index in [4.69, 9.17) is 23.8 Å². The number of hydrogen-bond donors (Lipinski definition) is 1. The van der Waals surface area contributed by atoms with Crippen LogP contribution in [-0.4, -0.2) is 26.1 Å². The predicted molar refractivity (Wildman–Crippen MR) is 105 cm³/mol. The molecule has 0 spiro atoms. The Hall–Kier alpha value is -2.37. The maximum absolute atomic E-state index is 5.96. The van der Waals surface area contributed by atoms with Gasteiger partial charge in [-0.15, -0.1) is 0 Å². The summed E-state index contributed by atoms with van der Waals surface area (Å²) in [6, 6.07) is 16.0. The lowest BCUT2D eigenvalue weighted by Gasteiger charge is -2.39. The second-order valence-electron chi connectivity index (χ2n) is 5.94. The number of pyridine rings is 1.